The van der Waals surface area contributed by atoms with Crippen LogP contribution in [0.4, 0.5) is 0 Å². The van der Waals surface area contributed by atoms with Crippen molar-refractivity contribution < 1.29 is 9.59 Å². The van der Waals surface area contributed by atoms with Gasteiger partial charge in [0.25, 0.3) is 5.91 Å². The molecule has 1 amide bonds. The van der Waals surface area contributed by atoms with Crippen molar-refractivity contribution in [1.29, 1.82) is 0 Å². The lowest BCUT2D eigenvalue weighted by molar-refractivity contribution is -0.120. The minimum absolute atomic E-state index is 0.779. The van der Waals surface area contributed by atoms with Gasteiger partial charge in [-0.1, -0.05) is 0 Å². The van der Waals surface area contributed by atoms with Crippen LogP contribution >= 0.6 is 23.2 Å². The topological polar surface area (TPSA) is 46.5 Å². The lowest BCUT2D eigenvalue weighted by Gasteiger charge is -2.29. The molecule has 0 spiro atoms. The van der Waals surface area contributed by atoms with Crippen molar-refractivity contribution in [3.63, 3.8) is 0 Å². The number of hydrogen-bond acceptors (Lipinski definition) is 2. The predicted octanol–water partition coefficient (Wildman–Crippen LogP) is 1.86. The van der Waals surface area contributed by atoms with Crippen molar-refractivity contribution in [3.8, 4) is 0 Å². The molecule has 0 aromatic rings. The molecule has 3 nitrogen and oxygen atoms in total. The first-order valence-electron chi connectivity index (χ1n) is 3.23. The Kier molecular flexibility index (Phi) is 3.45. The van der Waals surface area contributed by atoms with Crippen LogP contribution in [-0.4, -0.2) is 21.7 Å². The second-order valence-corrected chi connectivity index (χ2v) is 4.68. The fourth-order valence-electron chi connectivity index (χ4n) is 0.401. The number of nitrogens with zero attached hydrogens (tertiary/aromatic N) is 1. The zero-order chi connectivity index (χ0) is 9.99. The first kappa shape index (κ1) is 11.6. The fraction of sp³-hybridized carbons (Fsp3) is 0.714. The van der Waals surface area contributed by atoms with Gasteiger partial charge in [0, 0.05) is 0 Å². The van der Waals surface area contributed by atoms with Crippen LogP contribution in [0.5, 0.6) is 0 Å². The van der Waals surface area contributed by atoms with Crippen LogP contribution in [-0.2, 0) is 9.59 Å². The van der Waals surface area contributed by atoms with Crippen LogP contribution < -0.4 is 0 Å². The first-order chi connectivity index (χ1) is 5.23. The summed E-state index contributed by atoms with van der Waals surface area (Å²) in [5.74, 6) is -0.779. The van der Waals surface area contributed by atoms with E-state index in [4.69, 9.17) is 23.2 Å². The second-order valence-electron chi connectivity index (χ2n) is 2.98. The van der Waals surface area contributed by atoms with Crippen molar-refractivity contribution in [3.05, 3.63) is 0 Å². The fourth-order valence-corrected chi connectivity index (χ4v) is 0.524. The van der Waals surface area contributed by atoms with Gasteiger partial charge in [0.1, 0.15) is 4.87 Å². The molecule has 0 aliphatic rings. The number of alkyl halides is 2. The Balaban J connectivity index is 4.85. The molecule has 0 aliphatic carbocycles. The second kappa shape index (κ2) is 3.56. The van der Waals surface area contributed by atoms with Crippen LogP contribution in [0.2, 0.25) is 0 Å². The van der Waals surface area contributed by atoms with Gasteiger partial charge < -0.3 is 0 Å². The summed E-state index contributed by atoms with van der Waals surface area (Å²) in [6, 6.07) is 0. The molecule has 68 valence electrons. The Morgan fingerprint density at radius 3 is 2.00 bits per heavy atom. The van der Waals surface area contributed by atoms with E-state index >= 15 is 0 Å². The van der Waals surface area contributed by atoms with E-state index in [0.29, 0.717) is 0 Å². The lowest BCUT2D eigenvalue weighted by atomic mass is 9.95. The molecule has 0 saturated carbocycles. The van der Waals surface area contributed by atoms with Gasteiger partial charge in [-0.15, -0.1) is 28.2 Å². The highest BCUT2D eigenvalue weighted by Crippen LogP contribution is 2.35. The molecular weight excluding hydrogens is 201 g/mol. The monoisotopic (exact) mass is 209 g/mol. The predicted molar refractivity (Wildman–Crippen MR) is 47.3 cm³/mol. The Hall–Kier alpha value is -0.370. The zero-order valence-electron chi connectivity index (χ0n) is 7.02. The van der Waals surface area contributed by atoms with Crippen molar-refractivity contribution in [1.82, 2.24) is 0 Å². The van der Waals surface area contributed by atoms with E-state index in [1.54, 1.807) is 13.8 Å². The van der Waals surface area contributed by atoms with E-state index in [1.165, 1.54) is 6.92 Å². The molecule has 0 N–H and O–H groups in total. The van der Waals surface area contributed by atoms with Crippen LogP contribution in [0.15, 0.2) is 4.99 Å². The first-order valence-corrected chi connectivity index (χ1v) is 3.99. The molecular formula is C7H9Cl2NO2. The lowest BCUT2D eigenvalue weighted by Crippen LogP contribution is -2.44. The molecule has 0 aromatic carbocycles. The average Bonchev–Trinajstić information content (AvgIpc) is 1.85. The highest BCUT2D eigenvalue weighted by molar-refractivity contribution is 6.42. The number of amides is 1. The Morgan fingerprint density at radius 2 is 1.75 bits per heavy atom. The van der Waals surface area contributed by atoms with Crippen molar-refractivity contribution in [2.24, 2.45) is 4.99 Å². The number of rotatable bonds is 2. The molecule has 0 aliphatic heterocycles. The number of isocyanates is 1. The third-order valence-corrected chi connectivity index (χ3v) is 2.77. The van der Waals surface area contributed by atoms with E-state index < -0.39 is 15.7 Å². The highest BCUT2D eigenvalue weighted by Gasteiger charge is 2.44. The van der Waals surface area contributed by atoms with Crippen molar-refractivity contribution in [2.75, 3.05) is 0 Å². The number of carbonyl (C=O) groups excluding carboxylic acids is 2. The summed E-state index contributed by atoms with van der Waals surface area (Å²) in [7, 11) is 0. The summed E-state index contributed by atoms with van der Waals surface area (Å²) in [5, 5.41) is 0. The summed E-state index contributed by atoms with van der Waals surface area (Å²) >= 11 is 11.6. The molecule has 0 bridgehead atoms. The van der Waals surface area contributed by atoms with Gasteiger partial charge in [-0.2, -0.15) is 0 Å². The van der Waals surface area contributed by atoms with Gasteiger partial charge in [0.15, 0.2) is 0 Å². The molecule has 0 saturated heterocycles. The van der Waals surface area contributed by atoms with Crippen LogP contribution in [0.3, 0.4) is 0 Å². The van der Waals surface area contributed by atoms with Gasteiger partial charge >= 0.3 is 0 Å². The third kappa shape index (κ3) is 2.31. The summed E-state index contributed by atoms with van der Waals surface area (Å²) in [4.78, 5) is 21.4. The summed E-state index contributed by atoms with van der Waals surface area (Å²) in [5.41, 5.74) is 0. The third-order valence-electron chi connectivity index (χ3n) is 1.67. The number of carbonyl (C=O) groups is 1. The maximum absolute atomic E-state index is 11.1. The molecule has 12 heavy (non-hydrogen) atoms. The van der Waals surface area contributed by atoms with Gasteiger partial charge in [-0.25, -0.2) is 4.79 Å². The van der Waals surface area contributed by atoms with Gasteiger partial charge in [0.2, 0.25) is 6.08 Å². The standard InChI is InChI=1S/C7H9Cl2NO2/c1-6(2,8)7(3,9)5(12)10-4-11/h1-3H3. The number of hydrogen-bond donors (Lipinski definition) is 0. The molecule has 5 heteroatoms. The molecule has 1 unspecified atom stereocenters. The maximum atomic E-state index is 11.1. The van der Waals surface area contributed by atoms with Crippen LogP contribution in [0.25, 0.3) is 0 Å². The molecule has 0 radical (unpaired) electrons. The van der Waals surface area contributed by atoms with Gasteiger partial charge in [-0.05, 0) is 20.8 Å². The largest absolute Gasteiger partial charge is 0.279 e. The molecule has 0 fully saturated rings. The van der Waals surface area contributed by atoms with Crippen LogP contribution in [0, 0.1) is 0 Å². The summed E-state index contributed by atoms with van der Waals surface area (Å²) in [6.45, 7) is 4.55. The number of aliphatic imine (C=N–C) groups is 1. The highest BCUT2D eigenvalue weighted by atomic mass is 35.5. The molecule has 0 aromatic heterocycles. The molecule has 0 heterocycles. The quantitative estimate of drug-likeness (QED) is 0.396. The Bertz CT molecular complexity index is 236. The SMILES string of the molecule is CC(C)(Cl)C(C)(Cl)C(=O)N=C=O. The normalized spacial score (nSPS) is 16.1. The minimum atomic E-state index is -1.38. The number of halogens is 2. The molecule has 0 rings (SSSR count). The van der Waals surface area contributed by atoms with Crippen molar-refractivity contribution in [2.45, 2.75) is 30.5 Å². The van der Waals surface area contributed by atoms with E-state index in [1.807, 2.05) is 0 Å². The Labute approximate surface area is 80.8 Å². The van der Waals surface area contributed by atoms with Gasteiger partial charge in [0.05, 0.1) is 4.87 Å². The van der Waals surface area contributed by atoms with E-state index in [0.717, 1.165) is 6.08 Å². The van der Waals surface area contributed by atoms with E-state index in [-0.39, 0.29) is 0 Å². The van der Waals surface area contributed by atoms with E-state index in [2.05, 4.69) is 4.99 Å². The smallest absolute Gasteiger partial charge is 0.270 e. The average molecular weight is 210 g/mol. The Morgan fingerprint density at radius 1 is 1.33 bits per heavy atom. The van der Waals surface area contributed by atoms with E-state index in [9.17, 15) is 9.59 Å². The minimum Gasteiger partial charge on any atom is -0.270 e. The maximum Gasteiger partial charge on any atom is 0.279 e. The summed E-state index contributed by atoms with van der Waals surface area (Å²) < 4.78 is 0. The zero-order valence-corrected chi connectivity index (χ0v) is 8.53. The molecule has 1 atom stereocenters. The summed E-state index contributed by atoms with van der Waals surface area (Å²) in [6.07, 6.45) is 1.13. The van der Waals surface area contributed by atoms with Crippen LogP contribution in [0.1, 0.15) is 20.8 Å². The van der Waals surface area contributed by atoms with Crippen molar-refractivity contribution >= 4 is 35.2 Å². The van der Waals surface area contributed by atoms with Gasteiger partial charge in [-0.3, -0.25) is 4.79 Å².